The molecule has 1 amide bonds. The summed E-state index contributed by atoms with van der Waals surface area (Å²) in [7, 11) is 0. The van der Waals surface area contributed by atoms with E-state index in [-0.39, 0.29) is 5.91 Å². The van der Waals surface area contributed by atoms with Crippen molar-refractivity contribution in [3.8, 4) is 0 Å². The number of nitrogens with one attached hydrogen (secondary N) is 1. The molecule has 0 saturated carbocycles. The van der Waals surface area contributed by atoms with Crippen molar-refractivity contribution in [1.29, 1.82) is 0 Å². The van der Waals surface area contributed by atoms with Gasteiger partial charge in [-0.05, 0) is 24.3 Å². The topological polar surface area (TPSA) is 61.6 Å². The van der Waals surface area contributed by atoms with E-state index in [9.17, 15) is 4.79 Å². The van der Waals surface area contributed by atoms with Gasteiger partial charge in [0, 0.05) is 44.1 Å². The van der Waals surface area contributed by atoms with Gasteiger partial charge in [0.2, 0.25) is 5.91 Å². The number of carbonyl (C=O) groups is 1. The number of rotatable bonds is 5. The molecule has 1 saturated heterocycles. The predicted octanol–water partition coefficient (Wildman–Crippen LogP) is 0.693. The zero-order valence-electron chi connectivity index (χ0n) is 11.7. The zero-order valence-corrected chi connectivity index (χ0v) is 11.7. The minimum Gasteiger partial charge on any atom is -0.399 e. The first kappa shape index (κ1) is 14.4. The molecule has 0 spiro atoms. The smallest absolute Gasteiger partial charge is 0.234 e. The van der Waals surface area contributed by atoms with Crippen LogP contribution in [0.2, 0.25) is 0 Å². The summed E-state index contributed by atoms with van der Waals surface area (Å²) in [6.07, 6.45) is 1.69. The Morgan fingerprint density at radius 3 is 2.50 bits per heavy atom. The van der Waals surface area contributed by atoms with E-state index in [0.29, 0.717) is 13.1 Å². The highest BCUT2D eigenvalue weighted by Gasteiger charge is 2.18. The summed E-state index contributed by atoms with van der Waals surface area (Å²) in [4.78, 5) is 16.1. The van der Waals surface area contributed by atoms with Crippen LogP contribution in [0.4, 0.5) is 11.4 Å². The van der Waals surface area contributed by atoms with Crippen molar-refractivity contribution in [2.75, 3.05) is 49.9 Å². The average molecular weight is 274 g/mol. The lowest BCUT2D eigenvalue weighted by Crippen LogP contribution is -2.49. The molecule has 108 valence electrons. The SMILES string of the molecule is C=CCNC(=O)CN1CCN(c2ccc(N)cc2)CC1. The third-order valence-electron chi connectivity index (χ3n) is 3.44. The molecule has 5 heteroatoms. The second-order valence-electron chi connectivity index (χ2n) is 4.95. The van der Waals surface area contributed by atoms with Crippen LogP contribution in [0, 0.1) is 0 Å². The number of hydrogen-bond donors (Lipinski definition) is 2. The lowest BCUT2D eigenvalue weighted by molar-refractivity contribution is -0.122. The molecule has 2 rings (SSSR count). The van der Waals surface area contributed by atoms with Crippen molar-refractivity contribution in [2.24, 2.45) is 0 Å². The molecule has 0 bridgehead atoms. The second-order valence-corrected chi connectivity index (χ2v) is 4.95. The van der Waals surface area contributed by atoms with Gasteiger partial charge in [0.1, 0.15) is 0 Å². The molecule has 0 radical (unpaired) electrons. The molecule has 0 atom stereocenters. The van der Waals surface area contributed by atoms with Crippen LogP contribution >= 0.6 is 0 Å². The summed E-state index contributed by atoms with van der Waals surface area (Å²) in [6.45, 7) is 8.23. The van der Waals surface area contributed by atoms with E-state index in [4.69, 9.17) is 5.73 Å². The van der Waals surface area contributed by atoms with Crippen LogP contribution in [-0.4, -0.2) is 50.1 Å². The van der Waals surface area contributed by atoms with Crippen molar-refractivity contribution in [2.45, 2.75) is 0 Å². The molecule has 1 aromatic rings. The van der Waals surface area contributed by atoms with Crippen LogP contribution < -0.4 is 16.0 Å². The summed E-state index contributed by atoms with van der Waals surface area (Å²) in [5.74, 6) is 0.0610. The Morgan fingerprint density at radius 2 is 1.90 bits per heavy atom. The summed E-state index contributed by atoms with van der Waals surface area (Å²) in [5, 5.41) is 2.80. The molecule has 0 unspecified atom stereocenters. The van der Waals surface area contributed by atoms with E-state index in [1.807, 2.05) is 24.3 Å². The Labute approximate surface area is 120 Å². The number of nitrogens with two attached hydrogens (primary N) is 1. The van der Waals surface area contributed by atoms with Crippen LogP contribution in [0.25, 0.3) is 0 Å². The van der Waals surface area contributed by atoms with Gasteiger partial charge >= 0.3 is 0 Å². The molecule has 0 aromatic heterocycles. The number of hydrogen-bond acceptors (Lipinski definition) is 4. The summed E-state index contributed by atoms with van der Waals surface area (Å²) in [5.41, 5.74) is 7.67. The quantitative estimate of drug-likeness (QED) is 0.613. The fraction of sp³-hybridized carbons (Fsp3) is 0.400. The molecule has 1 heterocycles. The van der Waals surface area contributed by atoms with Gasteiger partial charge in [-0.25, -0.2) is 0 Å². The first-order chi connectivity index (χ1) is 9.69. The third-order valence-corrected chi connectivity index (χ3v) is 3.44. The minimum absolute atomic E-state index is 0.0610. The van der Waals surface area contributed by atoms with Gasteiger partial charge in [0.05, 0.1) is 6.54 Å². The molecule has 3 N–H and O–H groups in total. The van der Waals surface area contributed by atoms with Gasteiger partial charge in [-0.15, -0.1) is 6.58 Å². The number of nitrogen functional groups attached to an aromatic ring is 1. The highest BCUT2D eigenvalue weighted by atomic mass is 16.2. The van der Waals surface area contributed by atoms with Crippen LogP contribution in [-0.2, 0) is 4.79 Å². The molecule has 5 nitrogen and oxygen atoms in total. The number of benzene rings is 1. The molecular weight excluding hydrogens is 252 g/mol. The monoisotopic (exact) mass is 274 g/mol. The maximum Gasteiger partial charge on any atom is 0.234 e. The van der Waals surface area contributed by atoms with Crippen LogP contribution in [0.5, 0.6) is 0 Å². The van der Waals surface area contributed by atoms with Crippen LogP contribution in [0.15, 0.2) is 36.9 Å². The molecule has 1 fully saturated rings. The first-order valence-electron chi connectivity index (χ1n) is 6.89. The van der Waals surface area contributed by atoms with Gasteiger partial charge in [-0.2, -0.15) is 0 Å². The van der Waals surface area contributed by atoms with E-state index in [1.165, 1.54) is 5.69 Å². The molecule has 1 aromatic carbocycles. The van der Waals surface area contributed by atoms with Crippen molar-refractivity contribution in [1.82, 2.24) is 10.2 Å². The Bertz CT molecular complexity index is 449. The number of nitrogens with zero attached hydrogens (tertiary/aromatic N) is 2. The summed E-state index contributed by atoms with van der Waals surface area (Å²) < 4.78 is 0. The molecule has 1 aliphatic rings. The van der Waals surface area contributed by atoms with Gasteiger partial charge in [-0.1, -0.05) is 6.08 Å². The molecular formula is C15H22N4O. The summed E-state index contributed by atoms with van der Waals surface area (Å²) >= 11 is 0. The van der Waals surface area contributed by atoms with Crippen molar-refractivity contribution in [3.05, 3.63) is 36.9 Å². The number of anilines is 2. The molecule has 0 aliphatic carbocycles. The van der Waals surface area contributed by atoms with Crippen molar-refractivity contribution in [3.63, 3.8) is 0 Å². The second kappa shape index (κ2) is 6.96. The fourth-order valence-electron chi connectivity index (χ4n) is 2.29. The van der Waals surface area contributed by atoms with E-state index in [0.717, 1.165) is 31.9 Å². The Balaban J connectivity index is 1.78. The largest absolute Gasteiger partial charge is 0.399 e. The van der Waals surface area contributed by atoms with E-state index >= 15 is 0 Å². The Hall–Kier alpha value is -2.01. The highest BCUT2D eigenvalue weighted by Crippen LogP contribution is 2.17. The molecule has 1 aliphatic heterocycles. The first-order valence-corrected chi connectivity index (χ1v) is 6.89. The predicted molar refractivity (Wildman–Crippen MR) is 82.7 cm³/mol. The Morgan fingerprint density at radius 1 is 1.25 bits per heavy atom. The molecule has 20 heavy (non-hydrogen) atoms. The number of piperazine rings is 1. The number of carbonyl (C=O) groups excluding carboxylic acids is 1. The normalized spacial score (nSPS) is 15.9. The maximum atomic E-state index is 11.6. The maximum absolute atomic E-state index is 11.6. The van der Waals surface area contributed by atoms with Crippen LogP contribution in [0.1, 0.15) is 0 Å². The van der Waals surface area contributed by atoms with Crippen LogP contribution in [0.3, 0.4) is 0 Å². The van der Waals surface area contributed by atoms with Gasteiger partial charge in [0.25, 0.3) is 0 Å². The van der Waals surface area contributed by atoms with Gasteiger partial charge in [-0.3, -0.25) is 9.69 Å². The Kier molecular flexibility index (Phi) is 5.01. The lowest BCUT2D eigenvalue weighted by Gasteiger charge is -2.35. The van der Waals surface area contributed by atoms with E-state index in [2.05, 4.69) is 21.7 Å². The minimum atomic E-state index is 0.0610. The zero-order chi connectivity index (χ0) is 14.4. The average Bonchev–Trinajstić information content (AvgIpc) is 2.47. The van der Waals surface area contributed by atoms with Crippen molar-refractivity contribution < 1.29 is 4.79 Å². The lowest BCUT2D eigenvalue weighted by atomic mass is 10.2. The number of amides is 1. The third kappa shape index (κ3) is 3.99. The van der Waals surface area contributed by atoms with Crippen molar-refractivity contribution >= 4 is 17.3 Å². The summed E-state index contributed by atoms with van der Waals surface area (Å²) in [6, 6.07) is 7.93. The fourth-order valence-corrected chi connectivity index (χ4v) is 2.29. The van der Waals surface area contributed by atoms with E-state index < -0.39 is 0 Å². The van der Waals surface area contributed by atoms with Gasteiger partial charge < -0.3 is 16.0 Å². The highest BCUT2D eigenvalue weighted by molar-refractivity contribution is 5.78. The van der Waals surface area contributed by atoms with E-state index in [1.54, 1.807) is 6.08 Å². The van der Waals surface area contributed by atoms with Gasteiger partial charge in [0.15, 0.2) is 0 Å². The standard InChI is InChI=1S/C15H22N4O/c1-2-7-17-15(20)12-18-8-10-19(11-9-18)14-5-3-13(16)4-6-14/h2-6H,1,7-12,16H2,(H,17,20).